The maximum absolute atomic E-state index is 10.8. The third kappa shape index (κ3) is 3.69. The summed E-state index contributed by atoms with van der Waals surface area (Å²) in [5.41, 5.74) is 0. The molecule has 0 aromatic heterocycles. The van der Waals surface area contributed by atoms with Crippen LogP contribution in [-0.2, 0) is 23.7 Å². The normalized spacial score (nSPS) is 53.6. The number of fused-ring (bicyclic) bond motifs is 3. The first-order chi connectivity index (χ1) is 13.2. The van der Waals surface area contributed by atoms with Gasteiger partial charge in [0.1, 0.15) is 6.10 Å². The van der Waals surface area contributed by atoms with Crippen molar-refractivity contribution in [1.82, 2.24) is 0 Å². The topological polar surface area (TPSA) is 66.4 Å². The van der Waals surface area contributed by atoms with Gasteiger partial charge >= 0.3 is 0 Å². The van der Waals surface area contributed by atoms with E-state index in [1.54, 1.807) is 0 Å². The molecule has 5 fully saturated rings. The van der Waals surface area contributed by atoms with Crippen LogP contribution in [0.2, 0.25) is 0 Å². The van der Waals surface area contributed by atoms with E-state index in [1.807, 2.05) is 0 Å². The molecule has 154 valence electrons. The van der Waals surface area contributed by atoms with Gasteiger partial charge < -0.3 is 28.8 Å². The van der Waals surface area contributed by atoms with Gasteiger partial charge in [0, 0.05) is 19.6 Å². The van der Waals surface area contributed by atoms with Crippen LogP contribution < -0.4 is 0 Å². The summed E-state index contributed by atoms with van der Waals surface area (Å²) in [5, 5.41) is 10.8. The van der Waals surface area contributed by atoms with Crippen molar-refractivity contribution in [2.45, 2.75) is 113 Å². The molecule has 0 aliphatic carbocycles. The largest absolute Gasteiger partial charge is 0.390 e. The lowest BCUT2D eigenvalue weighted by molar-refractivity contribution is -0.249. The highest BCUT2D eigenvalue weighted by atomic mass is 16.6. The summed E-state index contributed by atoms with van der Waals surface area (Å²) in [7, 11) is 0. The second-order valence-electron chi connectivity index (χ2n) is 9.19. The van der Waals surface area contributed by atoms with Crippen LogP contribution >= 0.6 is 0 Å². The number of aliphatic hydroxyl groups excluding tert-OH is 1. The van der Waals surface area contributed by atoms with Crippen molar-refractivity contribution in [1.29, 1.82) is 0 Å². The van der Waals surface area contributed by atoms with Gasteiger partial charge in [0.2, 0.25) is 0 Å². The molecule has 0 bridgehead atoms. The van der Waals surface area contributed by atoms with Crippen LogP contribution in [-0.4, -0.2) is 73.3 Å². The summed E-state index contributed by atoms with van der Waals surface area (Å²) in [6.45, 7) is 3.88. The number of hydrogen-bond donors (Lipinski definition) is 1. The van der Waals surface area contributed by atoms with Gasteiger partial charge in [-0.15, -0.1) is 0 Å². The second kappa shape index (κ2) is 7.88. The van der Waals surface area contributed by atoms with Crippen LogP contribution in [0, 0.1) is 5.92 Å². The van der Waals surface area contributed by atoms with Crippen molar-refractivity contribution >= 4 is 0 Å². The van der Waals surface area contributed by atoms with Crippen LogP contribution in [0.1, 0.15) is 58.3 Å². The Morgan fingerprint density at radius 3 is 1.96 bits per heavy atom. The Balaban J connectivity index is 1.27. The minimum Gasteiger partial charge on any atom is -0.390 e. The SMILES string of the molecule is C[C@H]1C[C@@H]2OCCC[C@H]2O[C@H]1[C@@H]1CC[C@H]2O[C@H]3CCCO[C@@H]3C[C@H](O)[C@@H]2O1. The Bertz CT molecular complexity index is 515. The molecule has 0 radical (unpaired) electrons. The lowest BCUT2D eigenvalue weighted by atomic mass is 9.83. The first kappa shape index (κ1) is 18.8. The van der Waals surface area contributed by atoms with E-state index in [2.05, 4.69) is 6.92 Å². The quantitative estimate of drug-likeness (QED) is 0.750. The molecule has 5 aliphatic heterocycles. The van der Waals surface area contributed by atoms with E-state index in [0.29, 0.717) is 12.3 Å². The molecule has 6 heteroatoms. The van der Waals surface area contributed by atoms with Gasteiger partial charge in [-0.2, -0.15) is 0 Å². The number of hydrogen-bond acceptors (Lipinski definition) is 6. The lowest BCUT2D eigenvalue weighted by Gasteiger charge is -2.48. The molecule has 0 amide bonds. The molecule has 1 N–H and O–H groups in total. The molecule has 27 heavy (non-hydrogen) atoms. The first-order valence-corrected chi connectivity index (χ1v) is 11.1. The van der Waals surface area contributed by atoms with E-state index in [9.17, 15) is 5.11 Å². The van der Waals surface area contributed by atoms with Crippen molar-refractivity contribution in [3.05, 3.63) is 0 Å². The summed E-state index contributed by atoms with van der Waals surface area (Å²) < 4.78 is 31.1. The van der Waals surface area contributed by atoms with Crippen LogP contribution in [0.3, 0.4) is 0 Å². The van der Waals surface area contributed by atoms with E-state index >= 15 is 0 Å². The minimum absolute atomic E-state index is 0.00593. The Hall–Kier alpha value is -0.240. The van der Waals surface area contributed by atoms with Crippen molar-refractivity contribution < 1.29 is 28.8 Å². The highest BCUT2D eigenvalue weighted by Gasteiger charge is 2.48. The summed E-state index contributed by atoms with van der Waals surface area (Å²) in [6, 6.07) is 0. The Kier molecular flexibility index (Phi) is 5.48. The van der Waals surface area contributed by atoms with E-state index in [0.717, 1.165) is 58.2 Å². The van der Waals surface area contributed by atoms with Crippen molar-refractivity contribution in [2.75, 3.05) is 13.2 Å². The highest BCUT2D eigenvalue weighted by molar-refractivity contribution is 4.97. The molecule has 0 unspecified atom stereocenters. The first-order valence-electron chi connectivity index (χ1n) is 11.1. The van der Waals surface area contributed by atoms with E-state index in [1.165, 1.54) is 0 Å². The molecule has 0 spiro atoms. The van der Waals surface area contributed by atoms with E-state index in [-0.39, 0.29) is 48.8 Å². The molecule has 5 aliphatic rings. The molecule has 5 rings (SSSR count). The molecule has 6 nitrogen and oxygen atoms in total. The van der Waals surface area contributed by atoms with Crippen LogP contribution in [0.25, 0.3) is 0 Å². The smallest absolute Gasteiger partial charge is 0.110 e. The third-order valence-corrected chi connectivity index (χ3v) is 7.26. The standard InChI is InChI=1S/C21H34O6/c1-12-10-18-15(5-3-8-23-18)26-20(12)16-6-7-17-21(27-16)13(22)11-19-14(25-17)4-2-9-24-19/h12-22H,2-11H2,1H3/t12-,13-,14-,15+,16-,17+,18-,19+,20+,21-/m0/s1. The number of ether oxygens (including phenoxy) is 5. The van der Waals surface area contributed by atoms with Gasteiger partial charge in [0.25, 0.3) is 0 Å². The lowest BCUT2D eigenvalue weighted by Crippen LogP contribution is -2.56. The van der Waals surface area contributed by atoms with Crippen LogP contribution in [0.4, 0.5) is 0 Å². The zero-order chi connectivity index (χ0) is 18.4. The van der Waals surface area contributed by atoms with Gasteiger partial charge in [-0.05, 0) is 50.9 Å². The highest BCUT2D eigenvalue weighted by Crippen LogP contribution is 2.40. The van der Waals surface area contributed by atoms with Gasteiger partial charge in [-0.1, -0.05) is 6.92 Å². The van der Waals surface area contributed by atoms with Crippen LogP contribution in [0.5, 0.6) is 0 Å². The third-order valence-electron chi connectivity index (χ3n) is 7.26. The Labute approximate surface area is 161 Å². The summed E-state index contributed by atoms with van der Waals surface area (Å²) in [6.07, 6.45) is 7.57. The molecule has 10 atom stereocenters. The average molecular weight is 382 g/mol. The Morgan fingerprint density at radius 2 is 1.22 bits per heavy atom. The fourth-order valence-corrected chi connectivity index (χ4v) is 5.84. The second-order valence-corrected chi connectivity index (χ2v) is 9.19. The van der Waals surface area contributed by atoms with Crippen molar-refractivity contribution in [3.8, 4) is 0 Å². The van der Waals surface area contributed by atoms with E-state index in [4.69, 9.17) is 23.7 Å². The average Bonchev–Trinajstić information content (AvgIpc) is 2.83. The number of aliphatic hydroxyl groups is 1. The Morgan fingerprint density at radius 1 is 0.630 bits per heavy atom. The van der Waals surface area contributed by atoms with Gasteiger partial charge in [0.15, 0.2) is 0 Å². The van der Waals surface area contributed by atoms with Crippen LogP contribution in [0.15, 0.2) is 0 Å². The maximum Gasteiger partial charge on any atom is 0.110 e. The molecule has 0 aromatic carbocycles. The predicted molar refractivity (Wildman–Crippen MR) is 97.6 cm³/mol. The zero-order valence-electron chi connectivity index (χ0n) is 16.3. The zero-order valence-corrected chi connectivity index (χ0v) is 16.3. The molecule has 0 aromatic rings. The van der Waals surface area contributed by atoms with Crippen molar-refractivity contribution in [2.24, 2.45) is 5.92 Å². The number of rotatable bonds is 1. The predicted octanol–water partition coefficient (Wildman–Crippen LogP) is 2.20. The fraction of sp³-hybridized carbons (Fsp3) is 1.00. The molecular formula is C21H34O6. The maximum atomic E-state index is 10.8. The minimum atomic E-state index is -0.532. The summed E-state index contributed by atoms with van der Waals surface area (Å²) in [4.78, 5) is 0. The summed E-state index contributed by atoms with van der Waals surface area (Å²) >= 11 is 0. The van der Waals surface area contributed by atoms with E-state index < -0.39 is 6.10 Å². The molecule has 5 heterocycles. The van der Waals surface area contributed by atoms with Gasteiger partial charge in [0.05, 0.1) is 48.8 Å². The molecule has 0 saturated carbocycles. The fourth-order valence-electron chi connectivity index (χ4n) is 5.84. The van der Waals surface area contributed by atoms with Gasteiger partial charge in [-0.25, -0.2) is 0 Å². The monoisotopic (exact) mass is 382 g/mol. The molecular weight excluding hydrogens is 348 g/mol. The summed E-state index contributed by atoms with van der Waals surface area (Å²) in [5.74, 6) is 0.403. The molecule has 5 saturated heterocycles. The van der Waals surface area contributed by atoms with Gasteiger partial charge in [-0.3, -0.25) is 0 Å². The van der Waals surface area contributed by atoms with Crippen molar-refractivity contribution in [3.63, 3.8) is 0 Å².